The van der Waals surface area contributed by atoms with Gasteiger partial charge in [0.15, 0.2) is 0 Å². The van der Waals surface area contributed by atoms with Gasteiger partial charge in [0.25, 0.3) is 0 Å². The van der Waals surface area contributed by atoms with Crippen LogP contribution in [0, 0.1) is 11.6 Å². The molecule has 0 atom stereocenters. The van der Waals surface area contributed by atoms with Crippen molar-refractivity contribution in [1.82, 2.24) is 15.0 Å². The fraction of sp³-hybridized carbons (Fsp3) is 0.0625. The molecule has 0 radical (unpaired) electrons. The molecule has 7 heteroatoms. The number of hydrogen-bond acceptors (Lipinski definition) is 5. The Kier molecular flexibility index (Phi) is 4.09. The number of nitrogens with zero attached hydrogens (tertiary/aromatic N) is 3. The highest BCUT2D eigenvalue weighted by Crippen LogP contribution is 2.24. The lowest BCUT2D eigenvalue weighted by molar-refractivity contribution is 0.603. The van der Waals surface area contributed by atoms with E-state index in [-0.39, 0.29) is 5.69 Å². The van der Waals surface area contributed by atoms with E-state index in [1.54, 1.807) is 31.4 Å². The van der Waals surface area contributed by atoms with Crippen molar-refractivity contribution in [3.63, 3.8) is 0 Å². The number of aromatic nitrogens is 3. The summed E-state index contributed by atoms with van der Waals surface area (Å²) in [6.45, 7) is 0. The Morgan fingerprint density at radius 3 is 2.57 bits per heavy atom. The summed E-state index contributed by atoms with van der Waals surface area (Å²) in [7, 11) is 1.67. The van der Waals surface area contributed by atoms with Crippen molar-refractivity contribution in [2.75, 3.05) is 17.7 Å². The second kappa shape index (κ2) is 6.35. The standard InChI is InChI=1S/C16H13F2N5/c1-19-16-22-14(12-4-2-3-7-20-12)9-15(23-16)21-13-8-10(17)5-6-11(13)18/h2-9H,1H3,(H2,19,21,22,23). The molecular formula is C16H13F2N5. The Morgan fingerprint density at radius 2 is 1.83 bits per heavy atom. The van der Waals surface area contributed by atoms with Crippen LogP contribution in [0.1, 0.15) is 0 Å². The second-order valence-electron chi connectivity index (χ2n) is 4.68. The van der Waals surface area contributed by atoms with Crippen LogP contribution in [0.15, 0.2) is 48.7 Å². The Bertz CT molecular complexity index is 824. The van der Waals surface area contributed by atoms with Crippen LogP contribution in [-0.4, -0.2) is 22.0 Å². The minimum atomic E-state index is -0.574. The van der Waals surface area contributed by atoms with Gasteiger partial charge < -0.3 is 10.6 Å². The molecule has 0 saturated carbocycles. The summed E-state index contributed by atoms with van der Waals surface area (Å²) in [5, 5.41) is 5.60. The van der Waals surface area contributed by atoms with Crippen molar-refractivity contribution < 1.29 is 8.78 Å². The summed E-state index contributed by atoms with van der Waals surface area (Å²) in [5.74, 6) is -0.445. The van der Waals surface area contributed by atoms with Crippen LogP contribution in [-0.2, 0) is 0 Å². The maximum Gasteiger partial charge on any atom is 0.225 e. The first-order valence-corrected chi connectivity index (χ1v) is 6.86. The van der Waals surface area contributed by atoms with Gasteiger partial charge in [-0.15, -0.1) is 0 Å². The van der Waals surface area contributed by atoms with Crippen LogP contribution in [0.25, 0.3) is 11.4 Å². The molecule has 1 aromatic carbocycles. The molecule has 3 aromatic rings. The normalized spacial score (nSPS) is 10.4. The van der Waals surface area contributed by atoms with Crippen molar-refractivity contribution in [3.05, 3.63) is 60.3 Å². The van der Waals surface area contributed by atoms with E-state index in [2.05, 4.69) is 25.6 Å². The van der Waals surface area contributed by atoms with Crippen molar-refractivity contribution >= 4 is 17.5 Å². The zero-order valence-corrected chi connectivity index (χ0v) is 12.2. The van der Waals surface area contributed by atoms with E-state index in [0.717, 1.165) is 18.2 Å². The van der Waals surface area contributed by atoms with Gasteiger partial charge in [0, 0.05) is 25.4 Å². The predicted molar refractivity (Wildman–Crippen MR) is 84.5 cm³/mol. The summed E-state index contributed by atoms with van der Waals surface area (Å²) in [6, 6.07) is 10.2. The summed E-state index contributed by atoms with van der Waals surface area (Å²) < 4.78 is 27.0. The first kappa shape index (κ1) is 14.8. The molecule has 116 valence electrons. The van der Waals surface area contributed by atoms with Crippen LogP contribution in [0.4, 0.5) is 26.2 Å². The lowest BCUT2D eigenvalue weighted by Gasteiger charge is -2.10. The first-order valence-electron chi connectivity index (χ1n) is 6.86. The molecule has 0 fully saturated rings. The lowest BCUT2D eigenvalue weighted by Crippen LogP contribution is -2.03. The SMILES string of the molecule is CNc1nc(Nc2cc(F)ccc2F)cc(-c2ccccn2)n1. The number of rotatable bonds is 4. The fourth-order valence-corrected chi connectivity index (χ4v) is 2.00. The molecule has 0 saturated heterocycles. The van der Waals surface area contributed by atoms with E-state index in [0.29, 0.717) is 23.2 Å². The molecule has 23 heavy (non-hydrogen) atoms. The summed E-state index contributed by atoms with van der Waals surface area (Å²) in [5.41, 5.74) is 1.20. The van der Waals surface area contributed by atoms with Gasteiger partial charge in [-0.05, 0) is 24.3 Å². The quantitative estimate of drug-likeness (QED) is 0.770. The zero-order chi connectivity index (χ0) is 16.2. The molecule has 0 unspecified atom stereocenters. The summed E-state index contributed by atoms with van der Waals surface area (Å²) in [4.78, 5) is 12.7. The number of hydrogen-bond donors (Lipinski definition) is 2. The Balaban J connectivity index is 2.00. The minimum absolute atomic E-state index is 0.00211. The Hall–Kier alpha value is -3.09. The Morgan fingerprint density at radius 1 is 0.957 bits per heavy atom. The molecule has 3 rings (SSSR count). The highest BCUT2D eigenvalue weighted by Gasteiger charge is 2.09. The molecule has 5 nitrogen and oxygen atoms in total. The average molecular weight is 313 g/mol. The van der Waals surface area contributed by atoms with E-state index in [9.17, 15) is 8.78 Å². The van der Waals surface area contributed by atoms with Crippen LogP contribution in [0.3, 0.4) is 0 Å². The molecule has 0 aliphatic rings. The van der Waals surface area contributed by atoms with Gasteiger partial charge in [0.2, 0.25) is 5.95 Å². The summed E-state index contributed by atoms with van der Waals surface area (Å²) >= 11 is 0. The van der Waals surface area contributed by atoms with Crippen molar-refractivity contribution in [2.24, 2.45) is 0 Å². The number of anilines is 3. The number of nitrogens with one attached hydrogen (secondary N) is 2. The third-order valence-electron chi connectivity index (χ3n) is 3.07. The molecule has 2 heterocycles. The maximum atomic E-state index is 13.8. The highest BCUT2D eigenvalue weighted by molar-refractivity contribution is 5.65. The van der Waals surface area contributed by atoms with E-state index in [1.807, 2.05) is 6.07 Å². The van der Waals surface area contributed by atoms with Gasteiger partial charge in [-0.3, -0.25) is 4.98 Å². The Labute approximate surface area is 131 Å². The molecular weight excluding hydrogens is 300 g/mol. The van der Waals surface area contributed by atoms with Crippen LogP contribution >= 0.6 is 0 Å². The third kappa shape index (κ3) is 3.39. The lowest BCUT2D eigenvalue weighted by atomic mass is 10.2. The topological polar surface area (TPSA) is 62.7 Å². The van der Waals surface area contributed by atoms with Gasteiger partial charge in [0.1, 0.15) is 17.5 Å². The molecule has 0 amide bonds. The fourth-order valence-electron chi connectivity index (χ4n) is 2.00. The number of halogens is 2. The second-order valence-corrected chi connectivity index (χ2v) is 4.68. The highest BCUT2D eigenvalue weighted by atomic mass is 19.1. The molecule has 0 aliphatic carbocycles. The molecule has 2 aromatic heterocycles. The van der Waals surface area contributed by atoms with E-state index in [1.165, 1.54) is 0 Å². The van der Waals surface area contributed by atoms with Crippen LogP contribution in [0.5, 0.6) is 0 Å². The molecule has 0 bridgehead atoms. The summed E-state index contributed by atoms with van der Waals surface area (Å²) in [6.07, 6.45) is 1.65. The monoisotopic (exact) mass is 313 g/mol. The van der Waals surface area contributed by atoms with Crippen molar-refractivity contribution in [2.45, 2.75) is 0 Å². The van der Waals surface area contributed by atoms with Gasteiger partial charge in [0.05, 0.1) is 17.1 Å². The largest absolute Gasteiger partial charge is 0.357 e. The average Bonchev–Trinajstić information content (AvgIpc) is 2.58. The third-order valence-corrected chi connectivity index (χ3v) is 3.07. The number of benzene rings is 1. The van der Waals surface area contributed by atoms with Gasteiger partial charge in [-0.25, -0.2) is 13.8 Å². The molecule has 0 aliphatic heterocycles. The van der Waals surface area contributed by atoms with Crippen LogP contribution in [0.2, 0.25) is 0 Å². The van der Waals surface area contributed by atoms with Crippen LogP contribution < -0.4 is 10.6 Å². The minimum Gasteiger partial charge on any atom is -0.357 e. The molecule has 2 N–H and O–H groups in total. The van der Waals surface area contributed by atoms with Crippen molar-refractivity contribution in [3.8, 4) is 11.4 Å². The first-order chi connectivity index (χ1) is 11.2. The van der Waals surface area contributed by atoms with Gasteiger partial charge in [-0.2, -0.15) is 4.98 Å². The van der Waals surface area contributed by atoms with E-state index < -0.39 is 11.6 Å². The van der Waals surface area contributed by atoms with Crippen molar-refractivity contribution in [1.29, 1.82) is 0 Å². The van der Waals surface area contributed by atoms with Gasteiger partial charge in [-0.1, -0.05) is 6.07 Å². The molecule has 0 spiro atoms. The van der Waals surface area contributed by atoms with E-state index in [4.69, 9.17) is 0 Å². The number of pyridine rings is 1. The zero-order valence-electron chi connectivity index (χ0n) is 12.2. The maximum absolute atomic E-state index is 13.8. The van der Waals surface area contributed by atoms with Gasteiger partial charge >= 0.3 is 0 Å². The van der Waals surface area contributed by atoms with E-state index >= 15 is 0 Å². The predicted octanol–water partition coefficient (Wildman–Crippen LogP) is 3.60. The smallest absolute Gasteiger partial charge is 0.225 e.